The average Bonchev–Trinajstić information content (AvgIpc) is 2.25. The SMILES string of the molecule is CC1(C)CC(=O)C2=C(I)CCCCC2O1. The molecule has 3 heteroatoms. The fraction of sp³-hybridized carbons (Fsp3) is 0.750. The standard InChI is InChI=1S/C12H17IO2/c1-12(2)7-9(14)11-8(13)5-3-4-6-10(11)15-12/h10H,3-7H2,1-2H3. The highest BCUT2D eigenvalue weighted by Gasteiger charge is 2.39. The molecule has 2 rings (SSSR count). The summed E-state index contributed by atoms with van der Waals surface area (Å²) in [5, 5.41) is 0. The van der Waals surface area contributed by atoms with Crippen LogP contribution in [-0.4, -0.2) is 17.5 Å². The Morgan fingerprint density at radius 1 is 1.40 bits per heavy atom. The van der Waals surface area contributed by atoms with Crippen molar-refractivity contribution in [3.05, 3.63) is 9.15 Å². The number of ketones is 1. The van der Waals surface area contributed by atoms with Crippen molar-refractivity contribution >= 4 is 28.4 Å². The Morgan fingerprint density at radius 3 is 2.87 bits per heavy atom. The fourth-order valence-electron chi connectivity index (χ4n) is 2.42. The van der Waals surface area contributed by atoms with Crippen LogP contribution in [0.2, 0.25) is 0 Å². The van der Waals surface area contributed by atoms with E-state index in [1.165, 1.54) is 16.4 Å². The van der Waals surface area contributed by atoms with Gasteiger partial charge in [-0.3, -0.25) is 4.79 Å². The second-order valence-electron chi connectivity index (χ2n) is 5.03. The van der Waals surface area contributed by atoms with Crippen LogP contribution in [0.25, 0.3) is 0 Å². The summed E-state index contributed by atoms with van der Waals surface area (Å²) in [5.41, 5.74) is 0.708. The fourth-order valence-corrected chi connectivity index (χ4v) is 3.45. The van der Waals surface area contributed by atoms with Gasteiger partial charge in [-0.15, -0.1) is 0 Å². The van der Waals surface area contributed by atoms with Gasteiger partial charge in [-0.25, -0.2) is 0 Å². The maximum Gasteiger partial charge on any atom is 0.165 e. The van der Waals surface area contributed by atoms with E-state index in [9.17, 15) is 4.79 Å². The van der Waals surface area contributed by atoms with Crippen molar-refractivity contribution in [2.75, 3.05) is 0 Å². The molecule has 1 aliphatic heterocycles. The summed E-state index contributed by atoms with van der Waals surface area (Å²) in [5.74, 6) is 0.308. The molecule has 84 valence electrons. The Kier molecular flexibility index (Phi) is 3.22. The third-order valence-corrected chi connectivity index (χ3v) is 4.20. The van der Waals surface area contributed by atoms with Crippen molar-refractivity contribution in [1.82, 2.24) is 0 Å². The van der Waals surface area contributed by atoms with Crippen LogP contribution in [-0.2, 0) is 9.53 Å². The van der Waals surface area contributed by atoms with E-state index in [-0.39, 0.29) is 11.7 Å². The Hall–Kier alpha value is 0.1000. The molecular weight excluding hydrogens is 303 g/mol. The highest BCUT2D eigenvalue weighted by atomic mass is 127. The predicted octanol–water partition coefficient (Wildman–Crippen LogP) is 3.39. The minimum absolute atomic E-state index is 0.0654. The third kappa shape index (κ3) is 2.44. The van der Waals surface area contributed by atoms with Crippen LogP contribution in [0.1, 0.15) is 46.0 Å². The van der Waals surface area contributed by atoms with Gasteiger partial charge in [-0.05, 0) is 59.3 Å². The average molecular weight is 320 g/mol. The summed E-state index contributed by atoms with van der Waals surface area (Å²) in [6.07, 6.45) is 5.03. The maximum absolute atomic E-state index is 12.1. The normalized spacial score (nSPS) is 31.1. The molecule has 0 saturated carbocycles. The summed E-state index contributed by atoms with van der Waals surface area (Å²) in [4.78, 5) is 12.1. The lowest BCUT2D eigenvalue weighted by Gasteiger charge is -2.36. The van der Waals surface area contributed by atoms with E-state index in [2.05, 4.69) is 22.6 Å². The second-order valence-corrected chi connectivity index (χ2v) is 6.33. The molecule has 0 spiro atoms. The number of halogens is 1. The highest BCUT2D eigenvalue weighted by molar-refractivity contribution is 14.1. The molecule has 0 N–H and O–H groups in total. The zero-order valence-electron chi connectivity index (χ0n) is 9.31. The van der Waals surface area contributed by atoms with E-state index in [0.29, 0.717) is 12.2 Å². The molecule has 1 heterocycles. The van der Waals surface area contributed by atoms with Gasteiger partial charge in [0.1, 0.15) is 0 Å². The molecule has 0 bridgehead atoms. The molecule has 1 unspecified atom stereocenters. The zero-order chi connectivity index (χ0) is 11.1. The minimum Gasteiger partial charge on any atom is -0.367 e. The Balaban J connectivity index is 2.32. The molecule has 0 aromatic rings. The molecule has 0 amide bonds. The van der Waals surface area contributed by atoms with Gasteiger partial charge in [-0.2, -0.15) is 0 Å². The van der Waals surface area contributed by atoms with Crippen LogP contribution in [0, 0.1) is 0 Å². The van der Waals surface area contributed by atoms with Gasteiger partial charge in [0.15, 0.2) is 5.78 Å². The largest absolute Gasteiger partial charge is 0.367 e. The molecule has 1 atom stereocenters. The van der Waals surface area contributed by atoms with E-state index < -0.39 is 0 Å². The molecule has 1 fully saturated rings. The van der Waals surface area contributed by atoms with Gasteiger partial charge in [-0.1, -0.05) is 6.42 Å². The third-order valence-electron chi connectivity index (χ3n) is 3.07. The molecule has 0 aromatic carbocycles. The number of ether oxygens (including phenoxy) is 1. The van der Waals surface area contributed by atoms with Gasteiger partial charge in [0.25, 0.3) is 0 Å². The van der Waals surface area contributed by atoms with Gasteiger partial charge in [0, 0.05) is 12.0 Å². The quantitative estimate of drug-likeness (QED) is 0.640. The van der Waals surface area contributed by atoms with Crippen LogP contribution in [0.4, 0.5) is 0 Å². The lowest BCUT2D eigenvalue weighted by Crippen LogP contribution is -2.41. The number of carbonyl (C=O) groups is 1. The number of rotatable bonds is 0. The first kappa shape index (κ1) is 11.6. The summed E-state index contributed by atoms with van der Waals surface area (Å²) < 4.78 is 7.25. The molecule has 1 aliphatic carbocycles. The van der Waals surface area contributed by atoms with E-state index in [0.717, 1.165) is 18.4 Å². The molecule has 2 nitrogen and oxygen atoms in total. The predicted molar refractivity (Wildman–Crippen MR) is 68.1 cm³/mol. The molecule has 15 heavy (non-hydrogen) atoms. The first-order valence-electron chi connectivity index (χ1n) is 5.59. The van der Waals surface area contributed by atoms with Crippen molar-refractivity contribution in [3.63, 3.8) is 0 Å². The number of allylic oxidation sites excluding steroid dienone is 1. The van der Waals surface area contributed by atoms with Gasteiger partial charge >= 0.3 is 0 Å². The summed E-state index contributed by atoms with van der Waals surface area (Å²) >= 11 is 2.32. The monoisotopic (exact) mass is 320 g/mol. The van der Waals surface area contributed by atoms with E-state index >= 15 is 0 Å². The van der Waals surface area contributed by atoms with Crippen molar-refractivity contribution in [3.8, 4) is 0 Å². The van der Waals surface area contributed by atoms with Crippen molar-refractivity contribution in [2.24, 2.45) is 0 Å². The lowest BCUT2D eigenvalue weighted by molar-refractivity contribution is -0.136. The second kappa shape index (κ2) is 4.17. The molecule has 1 saturated heterocycles. The van der Waals surface area contributed by atoms with Crippen LogP contribution in [0.5, 0.6) is 0 Å². The van der Waals surface area contributed by atoms with E-state index in [1.54, 1.807) is 0 Å². The van der Waals surface area contributed by atoms with Gasteiger partial charge < -0.3 is 4.74 Å². The molecular formula is C12H17IO2. The Morgan fingerprint density at radius 2 is 2.13 bits per heavy atom. The van der Waals surface area contributed by atoms with Gasteiger partial charge in [0.05, 0.1) is 11.7 Å². The van der Waals surface area contributed by atoms with Crippen LogP contribution < -0.4 is 0 Å². The smallest absolute Gasteiger partial charge is 0.165 e. The zero-order valence-corrected chi connectivity index (χ0v) is 11.5. The van der Waals surface area contributed by atoms with E-state index in [1.807, 2.05) is 13.8 Å². The molecule has 0 aromatic heterocycles. The van der Waals surface area contributed by atoms with Crippen LogP contribution >= 0.6 is 22.6 Å². The minimum atomic E-state index is -0.271. The lowest BCUT2D eigenvalue weighted by atomic mass is 9.89. The number of Topliss-reactive ketones (excluding diaryl/α,β-unsaturated/α-hetero) is 1. The number of carbonyl (C=O) groups excluding carboxylic acids is 1. The summed E-state index contributed by atoms with van der Waals surface area (Å²) in [7, 11) is 0. The summed E-state index contributed by atoms with van der Waals surface area (Å²) in [6, 6.07) is 0. The maximum atomic E-state index is 12.1. The van der Waals surface area contributed by atoms with Crippen molar-refractivity contribution < 1.29 is 9.53 Å². The first-order valence-corrected chi connectivity index (χ1v) is 6.67. The number of hydrogen-bond donors (Lipinski definition) is 0. The Bertz CT molecular complexity index is 318. The highest BCUT2D eigenvalue weighted by Crippen LogP contribution is 2.38. The first-order chi connectivity index (χ1) is 6.99. The number of fused-ring (bicyclic) bond motifs is 1. The summed E-state index contributed by atoms with van der Waals surface area (Å²) in [6.45, 7) is 4.03. The van der Waals surface area contributed by atoms with Crippen molar-refractivity contribution in [2.45, 2.75) is 57.7 Å². The van der Waals surface area contributed by atoms with Crippen molar-refractivity contribution in [1.29, 1.82) is 0 Å². The number of hydrogen-bond acceptors (Lipinski definition) is 2. The topological polar surface area (TPSA) is 26.3 Å². The Labute approximate surface area is 105 Å². The molecule has 0 radical (unpaired) electrons. The van der Waals surface area contributed by atoms with Crippen LogP contribution in [0.15, 0.2) is 9.15 Å². The van der Waals surface area contributed by atoms with Gasteiger partial charge in [0.2, 0.25) is 0 Å². The molecule has 2 aliphatic rings. The van der Waals surface area contributed by atoms with Crippen LogP contribution in [0.3, 0.4) is 0 Å². The van der Waals surface area contributed by atoms with E-state index in [4.69, 9.17) is 4.74 Å².